The van der Waals surface area contributed by atoms with Crippen LogP contribution in [0.5, 0.6) is 0 Å². The molecule has 2 aromatic rings. The molecule has 0 spiro atoms. The minimum atomic E-state index is -0.389. The van der Waals surface area contributed by atoms with Gasteiger partial charge in [0.15, 0.2) is 0 Å². The van der Waals surface area contributed by atoms with Gasteiger partial charge in [0.05, 0.1) is 11.8 Å². The van der Waals surface area contributed by atoms with Gasteiger partial charge in [-0.25, -0.2) is 4.79 Å². The van der Waals surface area contributed by atoms with Crippen molar-refractivity contribution in [3.8, 4) is 11.1 Å². The van der Waals surface area contributed by atoms with E-state index in [2.05, 4.69) is 6.58 Å². The van der Waals surface area contributed by atoms with Crippen molar-refractivity contribution in [1.82, 2.24) is 0 Å². The van der Waals surface area contributed by atoms with Crippen LogP contribution in [-0.4, -0.2) is 5.97 Å². The summed E-state index contributed by atoms with van der Waals surface area (Å²) in [6.45, 7) is 3.39. The molecule has 0 aliphatic rings. The molecule has 0 unspecified atom stereocenters. The van der Waals surface area contributed by atoms with E-state index in [1.165, 1.54) is 0 Å². The van der Waals surface area contributed by atoms with E-state index >= 15 is 0 Å². The number of benzene rings is 2. The third kappa shape index (κ3) is 2.42. The Morgan fingerprint density at radius 3 is 2.35 bits per heavy atom. The van der Waals surface area contributed by atoms with Crippen LogP contribution in [0.3, 0.4) is 0 Å². The zero-order valence-electron chi connectivity index (χ0n) is 9.30. The summed E-state index contributed by atoms with van der Waals surface area (Å²) < 4.78 is 4.82. The van der Waals surface area contributed by atoms with Crippen molar-refractivity contribution >= 4 is 5.97 Å². The molecule has 2 aromatic carbocycles. The molecule has 0 radical (unpaired) electrons. The Morgan fingerprint density at radius 2 is 1.65 bits per heavy atom. The Morgan fingerprint density at radius 1 is 1.00 bits per heavy atom. The van der Waals surface area contributed by atoms with Crippen molar-refractivity contribution in [2.24, 2.45) is 0 Å². The van der Waals surface area contributed by atoms with E-state index in [0.29, 0.717) is 5.56 Å². The molecule has 0 N–H and O–H groups in total. The zero-order valence-corrected chi connectivity index (χ0v) is 9.30. The first kappa shape index (κ1) is 11.1. The normalized spacial score (nSPS) is 9.65. The molecular weight excluding hydrogens is 212 g/mol. The first-order valence-electron chi connectivity index (χ1n) is 5.29. The fraction of sp³-hybridized carbons (Fsp3) is 0. The van der Waals surface area contributed by atoms with Crippen LogP contribution in [0.15, 0.2) is 67.4 Å². The lowest BCUT2D eigenvalue weighted by atomic mass is 10.00. The molecule has 0 saturated heterocycles. The molecule has 17 heavy (non-hydrogen) atoms. The van der Waals surface area contributed by atoms with Gasteiger partial charge in [-0.15, -0.1) is 0 Å². The van der Waals surface area contributed by atoms with E-state index in [1.54, 1.807) is 6.07 Å². The monoisotopic (exact) mass is 224 g/mol. The largest absolute Gasteiger partial charge is 0.432 e. The second-order valence-electron chi connectivity index (χ2n) is 3.48. The van der Waals surface area contributed by atoms with Crippen LogP contribution < -0.4 is 0 Å². The molecule has 0 atom stereocenters. The molecule has 0 saturated carbocycles. The highest BCUT2D eigenvalue weighted by atomic mass is 16.5. The maximum absolute atomic E-state index is 11.7. The molecule has 0 fully saturated rings. The van der Waals surface area contributed by atoms with Crippen molar-refractivity contribution < 1.29 is 9.53 Å². The second-order valence-corrected chi connectivity index (χ2v) is 3.48. The summed E-state index contributed by atoms with van der Waals surface area (Å²) in [6, 6.07) is 17.1. The third-order valence-electron chi connectivity index (χ3n) is 2.42. The van der Waals surface area contributed by atoms with Gasteiger partial charge < -0.3 is 4.74 Å². The summed E-state index contributed by atoms with van der Waals surface area (Å²) in [6.07, 6.45) is 1.14. The lowest BCUT2D eigenvalue weighted by Crippen LogP contribution is -2.02. The summed E-state index contributed by atoms with van der Waals surface area (Å²) in [4.78, 5) is 11.7. The van der Waals surface area contributed by atoms with E-state index in [4.69, 9.17) is 4.74 Å². The zero-order chi connectivity index (χ0) is 12.1. The second kappa shape index (κ2) is 5.12. The minimum Gasteiger partial charge on any atom is -0.432 e. The fourth-order valence-corrected chi connectivity index (χ4v) is 1.67. The Labute approximate surface area is 100 Å². The summed E-state index contributed by atoms with van der Waals surface area (Å²) >= 11 is 0. The SMILES string of the molecule is C=COC(=O)c1ccccc1-c1ccccc1. The molecule has 2 nitrogen and oxygen atoms in total. The summed E-state index contributed by atoms with van der Waals surface area (Å²) in [5, 5.41) is 0. The molecule has 2 heteroatoms. The van der Waals surface area contributed by atoms with Gasteiger partial charge in [-0.1, -0.05) is 55.1 Å². The number of carbonyl (C=O) groups excluding carboxylic acids is 1. The van der Waals surface area contributed by atoms with Gasteiger partial charge in [0.25, 0.3) is 0 Å². The smallest absolute Gasteiger partial charge is 0.343 e. The highest BCUT2D eigenvalue weighted by Gasteiger charge is 2.12. The van der Waals surface area contributed by atoms with Crippen molar-refractivity contribution in [2.45, 2.75) is 0 Å². The number of carbonyl (C=O) groups is 1. The van der Waals surface area contributed by atoms with Crippen LogP contribution in [-0.2, 0) is 4.74 Å². The standard InChI is InChI=1S/C15H12O2/c1-2-17-15(16)14-11-7-6-10-13(14)12-8-4-3-5-9-12/h2-11H,1H2. The summed E-state index contributed by atoms with van der Waals surface area (Å²) in [5.74, 6) is -0.389. The highest BCUT2D eigenvalue weighted by Crippen LogP contribution is 2.23. The topological polar surface area (TPSA) is 26.3 Å². The number of hydrogen-bond acceptors (Lipinski definition) is 2. The summed E-state index contributed by atoms with van der Waals surface area (Å²) in [5.41, 5.74) is 2.39. The van der Waals surface area contributed by atoms with Crippen molar-refractivity contribution in [2.75, 3.05) is 0 Å². The van der Waals surface area contributed by atoms with E-state index in [-0.39, 0.29) is 5.97 Å². The van der Waals surface area contributed by atoms with E-state index in [1.807, 2.05) is 48.5 Å². The van der Waals surface area contributed by atoms with Gasteiger partial charge >= 0.3 is 5.97 Å². The average Bonchev–Trinajstić information content (AvgIpc) is 2.40. The molecule has 84 valence electrons. The van der Waals surface area contributed by atoms with Crippen molar-refractivity contribution in [1.29, 1.82) is 0 Å². The van der Waals surface area contributed by atoms with E-state index in [9.17, 15) is 4.79 Å². The lowest BCUT2D eigenvalue weighted by Gasteiger charge is -2.07. The first-order chi connectivity index (χ1) is 8.33. The highest BCUT2D eigenvalue weighted by molar-refractivity contribution is 5.97. The van der Waals surface area contributed by atoms with E-state index < -0.39 is 0 Å². The van der Waals surface area contributed by atoms with Gasteiger partial charge in [0.2, 0.25) is 0 Å². The quantitative estimate of drug-likeness (QED) is 0.587. The maximum atomic E-state index is 11.7. The number of esters is 1. The molecule has 0 heterocycles. The van der Waals surface area contributed by atoms with Gasteiger partial charge in [0, 0.05) is 0 Å². The molecule has 0 aliphatic carbocycles. The van der Waals surface area contributed by atoms with Gasteiger partial charge in [-0.3, -0.25) is 0 Å². The lowest BCUT2D eigenvalue weighted by molar-refractivity contribution is 0.0665. The maximum Gasteiger partial charge on any atom is 0.343 e. The molecular formula is C15H12O2. The predicted molar refractivity (Wildman–Crippen MR) is 67.5 cm³/mol. The Bertz CT molecular complexity index is 530. The Kier molecular flexibility index (Phi) is 3.36. The van der Waals surface area contributed by atoms with Gasteiger partial charge in [-0.05, 0) is 17.2 Å². The first-order valence-corrected chi connectivity index (χ1v) is 5.29. The molecule has 2 rings (SSSR count). The van der Waals surface area contributed by atoms with Crippen LogP contribution in [0.1, 0.15) is 10.4 Å². The number of ether oxygens (including phenoxy) is 1. The minimum absolute atomic E-state index is 0.389. The molecule has 0 amide bonds. The van der Waals surface area contributed by atoms with Crippen LogP contribution >= 0.6 is 0 Å². The predicted octanol–water partition coefficient (Wildman–Crippen LogP) is 3.65. The summed E-state index contributed by atoms with van der Waals surface area (Å²) in [7, 11) is 0. The number of rotatable bonds is 3. The van der Waals surface area contributed by atoms with Crippen molar-refractivity contribution in [3.05, 3.63) is 73.0 Å². The Balaban J connectivity index is 2.48. The van der Waals surface area contributed by atoms with Crippen LogP contribution in [0, 0.1) is 0 Å². The fourth-order valence-electron chi connectivity index (χ4n) is 1.67. The Hall–Kier alpha value is -2.35. The molecule has 0 aliphatic heterocycles. The third-order valence-corrected chi connectivity index (χ3v) is 2.42. The molecule has 0 aromatic heterocycles. The van der Waals surface area contributed by atoms with Crippen LogP contribution in [0.4, 0.5) is 0 Å². The van der Waals surface area contributed by atoms with Crippen LogP contribution in [0.2, 0.25) is 0 Å². The van der Waals surface area contributed by atoms with E-state index in [0.717, 1.165) is 17.4 Å². The average molecular weight is 224 g/mol. The molecule has 0 bridgehead atoms. The van der Waals surface area contributed by atoms with Crippen LogP contribution in [0.25, 0.3) is 11.1 Å². The van der Waals surface area contributed by atoms with Gasteiger partial charge in [0.1, 0.15) is 0 Å². The van der Waals surface area contributed by atoms with Crippen molar-refractivity contribution in [3.63, 3.8) is 0 Å². The van der Waals surface area contributed by atoms with Gasteiger partial charge in [-0.2, -0.15) is 0 Å². The number of hydrogen-bond donors (Lipinski definition) is 0.